The maximum absolute atomic E-state index is 11.7. The number of carbonyl (C=O) groups is 4. The second-order valence-electron chi connectivity index (χ2n) is 9.49. The Bertz CT molecular complexity index is 716. The van der Waals surface area contributed by atoms with Gasteiger partial charge in [0, 0.05) is 24.9 Å². The molecule has 30 heavy (non-hydrogen) atoms. The fourth-order valence-electron chi connectivity index (χ4n) is 2.95. The predicted octanol–water partition coefficient (Wildman–Crippen LogP) is 3.92. The first-order valence-electron chi connectivity index (χ1n) is 10.0. The molecule has 2 unspecified atom stereocenters. The summed E-state index contributed by atoms with van der Waals surface area (Å²) in [7, 11) is 0. The highest BCUT2D eigenvalue weighted by Crippen LogP contribution is 2.25. The average Bonchev–Trinajstić information content (AvgIpc) is 3.03. The zero-order chi connectivity index (χ0) is 23.4. The molecule has 2 aliphatic heterocycles. The summed E-state index contributed by atoms with van der Waals surface area (Å²) < 4.78 is 10.2. The van der Waals surface area contributed by atoms with Crippen LogP contribution in [-0.4, -0.2) is 62.2 Å². The lowest BCUT2D eigenvalue weighted by Gasteiger charge is -2.25. The van der Waals surface area contributed by atoms with Gasteiger partial charge in [-0.1, -0.05) is 0 Å². The molecule has 0 bridgehead atoms. The molecule has 1 N–H and O–H groups in total. The molecule has 2 heterocycles. The quantitative estimate of drug-likeness (QED) is 0.461. The molecule has 0 spiro atoms. The van der Waals surface area contributed by atoms with Crippen LogP contribution in [0.15, 0.2) is 11.8 Å². The molecule has 4 amide bonds. The first-order valence-corrected chi connectivity index (χ1v) is 10.0. The third-order valence-electron chi connectivity index (χ3n) is 4.27. The fourth-order valence-corrected chi connectivity index (χ4v) is 2.95. The number of aliphatic hydroxyl groups is 1. The number of rotatable bonds is 0. The molecule has 2 aliphatic rings. The van der Waals surface area contributed by atoms with Gasteiger partial charge in [-0.05, 0) is 61.8 Å². The van der Waals surface area contributed by atoms with E-state index < -0.39 is 29.3 Å². The highest BCUT2D eigenvalue weighted by atomic mass is 16.6. The van der Waals surface area contributed by atoms with E-state index >= 15 is 0 Å². The number of aliphatic hydroxyl groups excluding tert-OH is 1. The smallest absolute Gasteiger partial charge is 0.417 e. The van der Waals surface area contributed by atoms with Crippen molar-refractivity contribution in [2.75, 3.05) is 0 Å². The number of ether oxygens (including phenoxy) is 2. The first kappa shape index (κ1) is 25.5. The van der Waals surface area contributed by atoms with Gasteiger partial charge in [0.1, 0.15) is 11.2 Å². The molecule has 2 rings (SSSR count). The lowest BCUT2D eigenvalue weighted by atomic mass is 10.2. The van der Waals surface area contributed by atoms with E-state index in [0.717, 1.165) is 17.6 Å². The van der Waals surface area contributed by atoms with Crippen LogP contribution in [0.1, 0.15) is 74.7 Å². The molecule has 0 radical (unpaired) electrons. The summed E-state index contributed by atoms with van der Waals surface area (Å²) in [6.07, 6.45) is 1.10. The van der Waals surface area contributed by atoms with Gasteiger partial charge in [-0.3, -0.25) is 9.59 Å². The minimum atomic E-state index is -0.665. The number of carbonyl (C=O) groups excluding carboxylic acids is 4. The van der Waals surface area contributed by atoms with E-state index in [-0.39, 0.29) is 23.6 Å². The zero-order valence-corrected chi connectivity index (χ0v) is 19.1. The highest BCUT2D eigenvalue weighted by Gasteiger charge is 2.39. The van der Waals surface area contributed by atoms with Crippen molar-refractivity contribution in [1.29, 1.82) is 0 Å². The third kappa shape index (κ3) is 7.03. The van der Waals surface area contributed by atoms with Crippen molar-refractivity contribution in [3.8, 4) is 0 Å². The largest absolute Gasteiger partial charge is 0.515 e. The standard InChI is InChI=1S/C11H17NO4.C10H17NO3/c1-7-5-8(6-13)9(14)12(7)10(15)16-11(2,3)4;1-7-5-6-8(12)11(7)9(13)14-10(2,3)4/h6-7,13H,5H2,1-4H3;7H,5-6H2,1-4H3/b8-6-;. The van der Waals surface area contributed by atoms with Crippen LogP contribution in [0.5, 0.6) is 0 Å². The molecular formula is C21H34N2O7. The minimum absolute atomic E-state index is 0.0302. The molecule has 2 fully saturated rings. The molecule has 0 aromatic heterocycles. The number of nitrogens with zero attached hydrogens (tertiary/aromatic N) is 2. The van der Waals surface area contributed by atoms with Gasteiger partial charge < -0.3 is 14.6 Å². The Morgan fingerprint density at radius 3 is 1.73 bits per heavy atom. The Morgan fingerprint density at radius 2 is 1.40 bits per heavy atom. The van der Waals surface area contributed by atoms with Gasteiger partial charge in [0.25, 0.3) is 5.91 Å². The molecule has 170 valence electrons. The lowest BCUT2D eigenvalue weighted by molar-refractivity contribution is -0.128. The number of amides is 4. The number of hydrogen-bond acceptors (Lipinski definition) is 7. The summed E-state index contributed by atoms with van der Waals surface area (Å²) >= 11 is 0. The second kappa shape index (κ2) is 9.49. The molecule has 9 heteroatoms. The SMILES string of the molecule is CC1C/C(=C/O)C(=O)N1C(=O)OC(C)(C)C.CC1CCC(=O)N1C(=O)OC(C)(C)C. The van der Waals surface area contributed by atoms with Crippen molar-refractivity contribution in [3.05, 3.63) is 11.8 Å². The molecule has 0 saturated carbocycles. The summed E-state index contributed by atoms with van der Waals surface area (Å²) in [5.41, 5.74) is -0.944. The lowest BCUT2D eigenvalue weighted by Crippen LogP contribution is -2.41. The van der Waals surface area contributed by atoms with E-state index in [1.807, 2.05) is 6.92 Å². The summed E-state index contributed by atoms with van der Waals surface area (Å²) in [5.74, 6) is -0.615. The van der Waals surface area contributed by atoms with Crippen LogP contribution < -0.4 is 0 Å². The molecule has 0 aromatic rings. The maximum atomic E-state index is 11.7. The van der Waals surface area contributed by atoms with Crippen molar-refractivity contribution in [2.45, 2.75) is 97.9 Å². The molecule has 0 aliphatic carbocycles. The number of imide groups is 2. The normalized spacial score (nSPS) is 23.4. The van der Waals surface area contributed by atoms with Crippen molar-refractivity contribution in [1.82, 2.24) is 9.80 Å². The Morgan fingerprint density at radius 1 is 0.933 bits per heavy atom. The van der Waals surface area contributed by atoms with Crippen molar-refractivity contribution in [2.24, 2.45) is 0 Å². The molecule has 0 aromatic carbocycles. The molecule has 2 atom stereocenters. The molecule has 9 nitrogen and oxygen atoms in total. The van der Waals surface area contributed by atoms with Gasteiger partial charge in [-0.2, -0.15) is 0 Å². The average molecular weight is 427 g/mol. The van der Waals surface area contributed by atoms with Gasteiger partial charge >= 0.3 is 12.2 Å². The van der Waals surface area contributed by atoms with Gasteiger partial charge in [0.15, 0.2) is 0 Å². The first-order chi connectivity index (χ1) is 13.6. The van der Waals surface area contributed by atoms with Gasteiger partial charge in [-0.25, -0.2) is 19.4 Å². The summed E-state index contributed by atoms with van der Waals surface area (Å²) in [4.78, 5) is 48.5. The van der Waals surface area contributed by atoms with Crippen molar-refractivity contribution < 1.29 is 33.8 Å². The van der Waals surface area contributed by atoms with Crippen LogP contribution in [0.4, 0.5) is 9.59 Å². The van der Waals surface area contributed by atoms with E-state index in [0.29, 0.717) is 12.8 Å². The topological polar surface area (TPSA) is 113 Å². The van der Waals surface area contributed by atoms with Crippen LogP contribution >= 0.6 is 0 Å². The number of hydrogen-bond donors (Lipinski definition) is 1. The monoisotopic (exact) mass is 426 g/mol. The Labute approximate surface area is 178 Å². The van der Waals surface area contributed by atoms with Crippen molar-refractivity contribution in [3.63, 3.8) is 0 Å². The molecular weight excluding hydrogens is 392 g/mol. The van der Waals surface area contributed by atoms with Crippen LogP contribution in [0.25, 0.3) is 0 Å². The van der Waals surface area contributed by atoms with E-state index in [4.69, 9.17) is 14.6 Å². The van der Waals surface area contributed by atoms with Gasteiger partial charge in [-0.15, -0.1) is 0 Å². The number of likely N-dealkylation sites (tertiary alicyclic amines) is 2. The maximum Gasteiger partial charge on any atom is 0.417 e. The van der Waals surface area contributed by atoms with E-state index in [1.54, 1.807) is 48.5 Å². The predicted molar refractivity (Wildman–Crippen MR) is 110 cm³/mol. The summed E-state index contributed by atoms with van der Waals surface area (Å²) in [6, 6.07) is -0.307. The highest BCUT2D eigenvalue weighted by molar-refractivity contribution is 6.04. The fraction of sp³-hybridized carbons (Fsp3) is 0.714. The van der Waals surface area contributed by atoms with Gasteiger partial charge in [0.2, 0.25) is 5.91 Å². The van der Waals surface area contributed by atoms with E-state index in [9.17, 15) is 19.2 Å². The van der Waals surface area contributed by atoms with Crippen LogP contribution in [0.2, 0.25) is 0 Å². The Balaban J connectivity index is 0.000000303. The van der Waals surface area contributed by atoms with Crippen LogP contribution in [0.3, 0.4) is 0 Å². The van der Waals surface area contributed by atoms with E-state index in [2.05, 4.69) is 0 Å². The van der Waals surface area contributed by atoms with Gasteiger partial charge in [0.05, 0.1) is 11.8 Å². The Hall–Kier alpha value is -2.58. The third-order valence-corrected chi connectivity index (χ3v) is 4.27. The van der Waals surface area contributed by atoms with Crippen LogP contribution in [-0.2, 0) is 19.1 Å². The minimum Gasteiger partial charge on any atom is -0.515 e. The summed E-state index contributed by atoms with van der Waals surface area (Å²) in [5, 5.41) is 8.82. The Kier molecular flexibility index (Phi) is 8.05. The van der Waals surface area contributed by atoms with Crippen molar-refractivity contribution >= 4 is 24.0 Å². The summed E-state index contributed by atoms with van der Waals surface area (Å²) in [6.45, 7) is 14.2. The van der Waals surface area contributed by atoms with Crippen LogP contribution in [0, 0.1) is 0 Å². The molecule has 2 saturated heterocycles. The second-order valence-corrected chi connectivity index (χ2v) is 9.49. The zero-order valence-electron chi connectivity index (χ0n) is 19.1. The van der Waals surface area contributed by atoms with E-state index in [1.165, 1.54) is 4.90 Å².